The van der Waals surface area contributed by atoms with Gasteiger partial charge in [-0.15, -0.1) is 0 Å². The van der Waals surface area contributed by atoms with Crippen LogP contribution in [0.4, 0.5) is 19.0 Å². The number of ether oxygens (including phenoxy) is 1. The van der Waals surface area contributed by atoms with E-state index in [-0.39, 0.29) is 18.0 Å². The third-order valence-corrected chi connectivity index (χ3v) is 7.47. The molecule has 4 rings (SSSR count). The molecule has 8 nitrogen and oxygen atoms in total. The number of nitrogens with one attached hydrogen (secondary N) is 2. The van der Waals surface area contributed by atoms with Gasteiger partial charge in [0.1, 0.15) is 5.82 Å². The van der Waals surface area contributed by atoms with Gasteiger partial charge in [0.15, 0.2) is 0 Å². The number of amidine groups is 1. The minimum Gasteiger partial charge on any atom is -0.418 e. The van der Waals surface area contributed by atoms with E-state index in [1.807, 2.05) is 44.2 Å². The fourth-order valence-electron chi connectivity index (χ4n) is 4.37. The van der Waals surface area contributed by atoms with Crippen molar-refractivity contribution in [2.75, 3.05) is 6.61 Å². The summed E-state index contributed by atoms with van der Waals surface area (Å²) in [7, 11) is 0. The van der Waals surface area contributed by atoms with Gasteiger partial charge in [-0.1, -0.05) is 55.5 Å². The van der Waals surface area contributed by atoms with E-state index in [2.05, 4.69) is 15.7 Å². The van der Waals surface area contributed by atoms with Crippen LogP contribution < -0.4 is 15.2 Å². The standard InChI is InChI=1S/C27H27FN4O4S/c1-4-27(5-2,19-10-8-7-9-11-19)30-25(34)32(26(35)36-6-3)24-21(16-17-37-24)22(31-32)29-23(33)18-12-14-20(28)15-13-18/h7-17H,4-6H2,1-3H3,(H-,29,30,31,33,34)/p+1. The minimum absolute atomic E-state index is 0.0327. The van der Waals surface area contributed by atoms with Crippen molar-refractivity contribution in [1.29, 1.82) is 0 Å². The van der Waals surface area contributed by atoms with E-state index in [0.717, 1.165) is 16.9 Å². The van der Waals surface area contributed by atoms with Gasteiger partial charge in [0, 0.05) is 10.2 Å². The molecule has 37 heavy (non-hydrogen) atoms. The molecule has 0 radical (unpaired) electrons. The Balaban J connectivity index is 1.77. The smallest absolute Gasteiger partial charge is 0.418 e. The van der Waals surface area contributed by atoms with Crippen LogP contribution in [0.2, 0.25) is 0 Å². The number of rotatable bonds is 6. The minimum atomic E-state index is -1.12. The van der Waals surface area contributed by atoms with Gasteiger partial charge >= 0.3 is 12.1 Å². The normalized spacial score (nSPS) is 16.5. The summed E-state index contributed by atoms with van der Waals surface area (Å²) in [6.07, 6.45) is 0.248. The molecule has 0 aliphatic carbocycles. The van der Waals surface area contributed by atoms with E-state index in [0.29, 0.717) is 23.4 Å². The highest BCUT2D eigenvalue weighted by Crippen LogP contribution is 2.42. The quantitative estimate of drug-likeness (QED) is 0.394. The second-order valence-corrected chi connectivity index (χ2v) is 9.36. The third-order valence-electron chi connectivity index (χ3n) is 6.49. The molecule has 10 heteroatoms. The Hall–Kier alpha value is -3.89. The molecule has 1 aliphatic heterocycles. The van der Waals surface area contributed by atoms with Gasteiger partial charge in [0.2, 0.25) is 10.8 Å². The van der Waals surface area contributed by atoms with Crippen LogP contribution in [-0.2, 0) is 10.3 Å². The molecule has 0 saturated heterocycles. The average molecular weight is 524 g/mol. The number of urea groups is 1. The highest BCUT2D eigenvalue weighted by molar-refractivity contribution is 7.14. The zero-order valence-corrected chi connectivity index (χ0v) is 21.6. The SMILES string of the molecule is CCOC(=O)[N+]1(C(=O)NC(CC)(CC)c2ccccc2)N=C(NC(=O)c2ccc(F)cc2)c2ccsc21. The number of carbonyl (C=O) groups is 3. The number of quaternary nitrogens is 1. The molecule has 0 bridgehead atoms. The van der Waals surface area contributed by atoms with Crippen LogP contribution in [0.25, 0.3) is 0 Å². The van der Waals surface area contributed by atoms with Gasteiger partial charge in [-0.25, -0.2) is 9.18 Å². The molecule has 2 aromatic carbocycles. The number of carbonyl (C=O) groups excluding carboxylic acids is 3. The summed E-state index contributed by atoms with van der Waals surface area (Å²) < 4.78 is 17.5. The lowest BCUT2D eigenvalue weighted by atomic mass is 9.85. The Morgan fingerprint density at radius 1 is 1.00 bits per heavy atom. The van der Waals surface area contributed by atoms with Crippen LogP contribution in [0.5, 0.6) is 0 Å². The highest BCUT2D eigenvalue weighted by Gasteiger charge is 2.59. The Morgan fingerprint density at radius 3 is 2.30 bits per heavy atom. The van der Waals surface area contributed by atoms with E-state index in [1.54, 1.807) is 18.4 Å². The first-order valence-electron chi connectivity index (χ1n) is 12.0. The van der Waals surface area contributed by atoms with E-state index < -0.39 is 34.0 Å². The number of amides is 4. The number of benzene rings is 2. The van der Waals surface area contributed by atoms with Gasteiger partial charge < -0.3 is 10.1 Å². The van der Waals surface area contributed by atoms with Crippen molar-refractivity contribution in [1.82, 2.24) is 15.2 Å². The molecule has 1 unspecified atom stereocenters. The van der Waals surface area contributed by atoms with Crippen molar-refractivity contribution in [3.63, 3.8) is 0 Å². The summed E-state index contributed by atoms with van der Waals surface area (Å²) in [5, 5.41) is 12.3. The molecular weight excluding hydrogens is 495 g/mol. The van der Waals surface area contributed by atoms with Gasteiger partial charge in [-0.05, 0) is 66.1 Å². The molecule has 192 valence electrons. The average Bonchev–Trinajstić information content (AvgIpc) is 3.51. The lowest BCUT2D eigenvalue weighted by Crippen LogP contribution is -2.62. The maximum Gasteiger partial charge on any atom is 0.559 e. The van der Waals surface area contributed by atoms with Crippen molar-refractivity contribution in [3.05, 3.63) is 88.6 Å². The number of halogens is 1. The summed E-state index contributed by atoms with van der Waals surface area (Å²) >= 11 is 1.16. The predicted octanol–water partition coefficient (Wildman–Crippen LogP) is 5.88. The van der Waals surface area contributed by atoms with Crippen LogP contribution in [-0.4, -0.2) is 30.5 Å². The zero-order chi connectivity index (χ0) is 26.6. The number of thiophene rings is 1. The van der Waals surface area contributed by atoms with Crippen molar-refractivity contribution in [3.8, 4) is 0 Å². The van der Waals surface area contributed by atoms with Crippen LogP contribution in [0.1, 0.15) is 55.1 Å². The van der Waals surface area contributed by atoms with Crippen molar-refractivity contribution >= 4 is 40.2 Å². The molecule has 0 fully saturated rings. The molecule has 3 aromatic rings. The zero-order valence-electron chi connectivity index (χ0n) is 20.8. The van der Waals surface area contributed by atoms with Crippen molar-refractivity contribution in [2.45, 2.75) is 39.2 Å². The number of imide groups is 1. The second-order valence-electron chi connectivity index (χ2n) is 8.47. The second kappa shape index (κ2) is 10.6. The number of hydrogen-bond donors (Lipinski definition) is 2. The van der Waals surface area contributed by atoms with Crippen LogP contribution >= 0.6 is 11.3 Å². The number of fused-ring (bicyclic) bond motifs is 1. The fourth-order valence-corrected chi connectivity index (χ4v) is 5.34. The molecule has 1 aliphatic rings. The Morgan fingerprint density at radius 2 is 1.68 bits per heavy atom. The number of hydrogen-bond acceptors (Lipinski definition) is 6. The first-order valence-corrected chi connectivity index (χ1v) is 12.9. The first-order chi connectivity index (χ1) is 17.8. The third kappa shape index (κ3) is 4.65. The van der Waals surface area contributed by atoms with Gasteiger partial charge in [-0.3, -0.25) is 10.1 Å². The summed E-state index contributed by atoms with van der Waals surface area (Å²) in [5.74, 6) is -0.980. The number of nitrogens with zero attached hydrogens (tertiary/aromatic N) is 2. The molecule has 4 amide bonds. The topological polar surface area (TPSA) is 96.9 Å². The Labute approximate surface area is 218 Å². The molecule has 2 N–H and O–H groups in total. The van der Waals surface area contributed by atoms with Crippen LogP contribution in [0.3, 0.4) is 0 Å². The van der Waals surface area contributed by atoms with E-state index >= 15 is 0 Å². The molecule has 0 saturated carbocycles. The van der Waals surface area contributed by atoms with Crippen LogP contribution in [0.15, 0.2) is 71.1 Å². The largest absolute Gasteiger partial charge is 0.559 e. The maximum absolute atomic E-state index is 14.1. The lowest BCUT2D eigenvalue weighted by molar-refractivity contribution is 0.0973. The Bertz CT molecular complexity index is 1340. The van der Waals surface area contributed by atoms with Gasteiger partial charge in [0.25, 0.3) is 5.91 Å². The van der Waals surface area contributed by atoms with Gasteiger partial charge in [0.05, 0.1) is 17.7 Å². The summed E-state index contributed by atoms with van der Waals surface area (Å²) in [5.41, 5.74) is 0.770. The molecule has 1 atom stereocenters. The first kappa shape index (κ1) is 26.2. The predicted molar refractivity (Wildman–Crippen MR) is 141 cm³/mol. The summed E-state index contributed by atoms with van der Waals surface area (Å²) in [4.78, 5) is 40.4. The molecular formula is C27H28FN4O4S+. The van der Waals surface area contributed by atoms with E-state index in [9.17, 15) is 18.8 Å². The van der Waals surface area contributed by atoms with E-state index in [4.69, 9.17) is 4.74 Å². The highest BCUT2D eigenvalue weighted by atomic mass is 32.1. The van der Waals surface area contributed by atoms with Crippen molar-refractivity contribution in [2.24, 2.45) is 5.10 Å². The van der Waals surface area contributed by atoms with Gasteiger partial charge in [-0.2, -0.15) is 4.79 Å². The Kier molecular flexibility index (Phi) is 7.51. The monoisotopic (exact) mass is 523 g/mol. The molecule has 2 heterocycles. The lowest BCUT2D eigenvalue weighted by Gasteiger charge is -2.34. The molecule has 1 aromatic heterocycles. The van der Waals surface area contributed by atoms with Crippen LogP contribution in [0, 0.1) is 5.82 Å². The van der Waals surface area contributed by atoms with Crippen molar-refractivity contribution < 1.29 is 23.5 Å². The fraction of sp³-hybridized carbons (Fsp3) is 0.259. The maximum atomic E-state index is 14.1. The summed E-state index contributed by atoms with van der Waals surface area (Å²) in [6.45, 7) is 5.60. The molecule has 0 spiro atoms. The summed E-state index contributed by atoms with van der Waals surface area (Å²) in [6, 6.07) is 15.6. The van der Waals surface area contributed by atoms with E-state index in [1.165, 1.54) is 24.3 Å².